The minimum absolute atomic E-state index is 0.325. The molecule has 0 aromatic heterocycles. The van der Waals surface area contributed by atoms with Crippen LogP contribution in [-0.4, -0.2) is 23.6 Å². The van der Waals surface area contributed by atoms with Crippen LogP contribution in [0.15, 0.2) is 42.5 Å². The number of nitrogens with one attached hydrogen (secondary N) is 1. The average molecular weight is 373 g/mol. The van der Waals surface area contributed by atoms with E-state index in [1.807, 2.05) is 32.0 Å². The zero-order chi connectivity index (χ0) is 20.2. The monoisotopic (exact) mass is 373 g/mol. The summed E-state index contributed by atoms with van der Waals surface area (Å²) >= 11 is 0. The van der Waals surface area contributed by atoms with Gasteiger partial charge in [0.15, 0.2) is 11.7 Å². The first-order valence-electron chi connectivity index (χ1n) is 8.63. The van der Waals surface area contributed by atoms with Crippen molar-refractivity contribution < 1.29 is 23.5 Å². The zero-order valence-corrected chi connectivity index (χ0v) is 16.1. The molecule has 0 radical (unpaired) electrons. The highest BCUT2D eigenvalue weighted by Crippen LogP contribution is 2.22. The highest BCUT2D eigenvalue weighted by Gasteiger charge is 2.34. The molecule has 0 unspecified atom stereocenters. The van der Waals surface area contributed by atoms with Gasteiger partial charge >= 0.3 is 5.97 Å². The van der Waals surface area contributed by atoms with E-state index in [0.29, 0.717) is 11.4 Å². The van der Waals surface area contributed by atoms with Crippen molar-refractivity contribution in [3.63, 3.8) is 0 Å². The normalized spacial score (nSPS) is 12.2. The van der Waals surface area contributed by atoms with Crippen LogP contribution in [0.1, 0.15) is 31.9 Å². The minimum Gasteiger partial charge on any atom is -0.476 e. The van der Waals surface area contributed by atoms with Gasteiger partial charge in [-0.3, -0.25) is 4.79 Å². The lowest BCUT2D eigenvalue weighted by atomic mass is 10.1. The van der Waals surface area contributed by atoms with Gasteiger partial charge < -0.3 is 14.8 Å². The molecule has 0 saturated carbocycles. The Labute approximate surface area is 158 Å². The Morgan fingerprint density at radius 2 is 1.59 bits per heavy atom. The summed E-state index contributed by atoms with van der Waals surface area (Å²) in [6, 6.07) is 11.0. The molecule has 1 N–H and O–H groups in total. The smallest absolute Gasteiger partial charge is 0.350 e. The number of aryl methyl sites for hydroxylation is 2. The molecule has 0 fully saturated rings. The molecule has 2 aromatic carbocycles. The van der Waals surface area contributed by atoms with Crippen LogP contribution in [0.25, 0.3) is 0 Å². The summed E-state index contributed by atoms with van der Waals surface area (Å²) in [5.41, 5.74) is 1.20. The summed E-state index contributed by atoms with van der Waals surface area (Å²) < 4.78 is 23.8. The van der Waals surface area contributed by atoms with Crippen LogP contribution in [0.3, 0.4) is 0 Å². The number of benzene rings is 2. The SMILES string of the molecule is Cc1cccc(C)c1NC(=O)[C@H](C)OC(=O)C(C)(C)Oc1ccc(F)cc1. The van der Waals surface area contributed by atoms with E-state index < -0.39 is 29.4 Å². The van der Waals surface area contributed by atoms with Gasteiger partial charge in [0.25, 0.3) is 5.91 Å². The van der Waals surface area contributed by atoms with Gasteiger partial charge in [0.1, 0.15) is 11.6 Å². The largest absolute Gasteiger partial charge is 0.476 e. The number of esters is 1. The Bertz CT molecular complexity index is 810. The number of carbonyl (C=O) groups excluding carboxylic acids is 2. The Balaban J connectivity index is 2.00. The number of hydrogen-bond donors (Lipinski definition) is 1. The van der Waals surface area contributed by atoms with Crippen LogP contribution in [0.4, 0.5) is 10.1 Å². The molecule has 0 aliphatic carbocycles. The average Bonchev–Trinajstić information content (AvgIpc) is 2.59. The van der Waals surface area contributed by atoms with Gasteiger partial charge in [-0.15, -0.1) is 0 Å². The third kappa shape index (κ3) is 5.29. The third-order valence-electron chi connectivity index (χ3n) is 4.06. The predicted molar refractivity (Wildman–Crippen MR) is 101 cm³/mol. The van der Waals surface area contributed by atoms with E-state index in [0.717, 1.165) is 11.1 Å². The molecule has 0 saturated heterocycles. The molecule has 2 rings (SSSR count). The van der Waals surface area contributed by atoms with Crippen LogP contribution >= 0.6 is 0 Å². The quantitative estimate of drug-likeness (QED) is 0.772. The fourth-order valence-corrected chi connectivity index (χ4v) is 2.43. The van der Waals surface area contributed by atoms with Crippen LogP contribution in [0.2, 0.25) is 0 Å². The topological polar surface area (TPSA) is 64.6 Å². The van der Waals surface area contributed by atoms with Gasteiger partial charge in [0, 0.05) is 5.69 Å². The van der Waals surface area contributed by atoms with E-state index in [2.05, 4.69) is 5.32 Å². The van der Waals surface area contributed by atoms with Crippen molar-refractivity contribution in [3.05, 3.63) is 59.4 Å². The van der Waals surface area contributed by atoms with Crippen LogP contribution in [0, 0.1) is 19.7 Å². The van der Waals surface area contributed by atoms with E-state index in [1.54, 1.807) is 0 Å². The molecule has 27 heavy (non-hydrogen) atoms. The lowest BCUT2D eigenvalue weighted by Gasteiger charge is -2.26. The van der Waals surface area contributed by atoms with Crippen molar-refractivity contribution in [1.29, 1.82) is 0 Å². The lowest BCUT2D eigenvalue weighted by Crippen LogP contribution is -2.43. The molecular weight excluding hydrogens is 349 g/mol. The Morgan fingerprint density at radius 3 is 2.15 bits per heavy atom. The summed E-state index contributed by atoms with van der Waals surface area (Å²) in [6.45, 7) is 8.32. The van der Waals surface area contributed by atoms with Gasteiger partial charge in [-0.25, -0.2) is 9.18 Å². The van der Waals surface area contributed by atoms with Gasteiger partial charge in [0.05, 0.1) is 0 Å². The van der Waals surface area contributed by atoms with E-state index in [1.165, 1.54) is 45.0 Å². The first-order chi connectivity index (χ1) is 12.6. The number of rotatable bonds is 6. The van der Waals surface area contributed by atoms with Crippen molar-refractivity contribution in [1.82, 2.24) is 0 Å². The van der Waals surface area contributed by atoms with Gasteiger partial charge in [0.2, 0.25) is 0 Å². The highest BCUT2D eigenvalue weighted by atomic mass is 19.1. The van der Waals surface area contributed by atoms with Crippen LogP contribution in [0.5, 0.6) is 5.75 Å². The summed E-state index contributed by atoms with van der Waals surface area (Å²) in [5.74, 6) is -1.21. The Hall–Kier alpha value is -2.89. The summed E-state index contributed by atoms with van der Waals surface area (Å²) in [4.78, 5) is 24.8. The highest BCUT2D eigenvalue weighted by molar-refractivity contribution is 5.96. The summed E-state index contributed by atoms with van der Waals surface area (Å²) in [7, 11) is 0. The molecule has 0 aliphatic rings. The van der Waals surface area contributed by atoms with E-state index in [9.17, 15) is 14.0 Å². The zero-order valence-electron chi connectivity index (χ0n) is 16.1. The van der Waals surface area contributed by atoms with Crippen molar-refractivity contribution in [3.8, 4) is 5.75 Å². The first kappa shape index (κ1) is 20.4. The minimum atomic E-state index is -1.34. The maximum atomic E-state index is 13.0. The van der Waals surface area contributed by atoms with Crippen molar-refractivity contribution in [2.24, 2.45) is 0 Å². The Morgan fingerprint density at radius 1 is 1.04 bits per heavy atom. The number of hydrogen-bond acceptors (Lipinski definition) is 4. The molecule has 144 valence electrons. The Kier molecular flexibility index (Phi) is 6.20. The van der Waals surface area contributed by atoms with Gasteiger partial charge in [-0.1, -0.05) is 18.2 Å². The van der Waals surface area contributed by atoms with Gasteiger partial charge in [-0.05, 0) is 70.0 Å². The molecule has 1 amide bonds. The van der Waals surface area contributed by atoms with E-state index in [4.69, 9.17) is 9.47 Å². The standard InChI is InChI=1S/C21H24FNO4/c1-13-7-6-8-14(2)18(13)23-19(24)15(3)26-20(25)21(4,5)27-17-11-9-16(22)10-12-17/h6-12,15H,1-5H3,(H,23,24)/t15-/m0/s1. The van der Waals surface area contributed by atoms with Crippen molar-refractivity contribution >= 4 is 17.6 Å². The maximum Gasteiger partial charge on any atom is 0.350 e. The summed E-state index contributed by atoms with van der Waals surface area (Å²) in [6.07, 6.45) is -1.01. The third-order valence-corrected chi connectivity index (χ3v) is 4.06. The molecule has 2 aromatic rings. The van der Waals surface area contributed by atoms with Crippen LogP contribution < -0.4 is 10.1 Å². The molecule has 0 bridgehead atoms. The number of carbonyl (C=O) groups is 2. The van der Waals surface area contributed by atoms with E-state index in [-0.39, 0.29) is 0 Å². The maximum absolute atomic E-state index is 13.0. The molecule has 0 heterocycles. The van der Waals surface area contributed by atoms with Gasteiger partial charge in [-0.2, -0.15) is 0 Å². The first-order valence-corrected chi connectivity index (χ1v) is 8.63. The molecule has 0 spiro atoms. The molecule has 5 nitrogen and oxygen atoms in total. The molecule has 0 aliphatic heterocycles. The van der Waals surface area contributed by atoms with Crippen molar-refractivity contribution in [2.45, 2.75) is 46.3 Å². The number of anilines is 1. The molecular formula is C21H24FNO4. The van der Waals surface area contributed by atoms with Crippen molar-refractivity contribution in [2.75, 3.05) is 5.32 Å². The number of ether oxygens (including phenoxy) is 2. The second kappa shape index (κ2) is 8.20. The van der Waals surface area contributed by atoms with Crippen LogP contribution in [-0.2, 0) is 14.3 Å². The number of amides is 1. The second-order valence-corrected chi connectivity index (χ2v) is 6.87. The number of para-hydroxylation sites is 1. The summed E-state index contributed by atoms with van der Waals surface area (Å²) in [5, 5.41) is 2.79. The fourth-order valence-electron chi connectivity index (χ4n) is 2.43. The lowest BCUT2D eigenvalue weighted by molar-refractivity contribution is -0.166. The fraction of sp³-hybridized carbons (Fsp3) is 0.333. The molecule has 1 atom stereocenters. The predicted octanol–water partition coefficient (Wildman–Crippen LogP) is 4.17. The second-order valence-electron chi connectivity index (χ2n) is 6.87. The number of halogens is 1. The van der Waals surface area contributed by atoms with E-state index >= 15 is 0 Å². The molecule has 6 heteroatoms.